The zero-order valence-electron chi connectivity index (χ0n) is 9.11. The van der Waals surface area contributed by atoms with Crippen LogP contribution in [0, 0.1) is 0 Å². The molecule has 0 fully saturated rings. The summed E-state index contributed by atoms with van der Waals surface area (Å²) >= 11 is 5.96. The Hall–Kier alpha value is -2.13. The van der Waals surface area contributed by atoms with Gasteiger partial charge in [0.05, 0.1) is 16.1 Å². The maximum absolute atomic E-state index is 12.3. The molecular formula is C14H7ClO3. The van der Waals surface area contributed by atoms with Crippen molar-refractivity contribution in [2.24, 2.45) is 0 Å². The minimum absolute atomic E-state index is 0.00815. The minimum atomic E-state index is -0.375. The molecule has 88 valence electrons. The molecule has 0 aromatic heterocycles. The Bertz CT molecular complexity index is 644. The van der Waals surface area contributed by atoms with Gasteiger partial charge in [0.15, 0.2) is 11.6 Å². The molecule has 0 amide bonds. The first kappa shape index (κ1) is 11.0. The highest BCUT2D eigenvalue weighted by Crippen LogP contribution is 2.36. The van der Waals surface area contributed by atoms with E-state index >= 15 is 0 Å². The van der Waals surface area contributed by atoms with Crippen LogP contribution in [0.4, 0.5) is 0 Å². The van der Waals surface area contributed by atoms with Crippen LogP contribution in [-0.2, 0) is 0 Å². The van der Waals surface area contributed by atoms with E-state index in [4.69, 9.17) is 11.6 Å². The van der Waals surface area contributed by atoms with E-state index in [0.29, 0.717) is 11.1 Å². The summed E-state index contributed by atoms with van der Waals surface area (Å²) in [6, 6.07) is 9.25. The van der Waals surface area contributed by atoms with E-state index in [0.717, 1.165) is 0 Å². The summed E-state index contributed by atoms with van der Waals surface area (Å²) < 4.78 is 0. The van der Waals surface area contributed by atoms with Gasteiger partial charge >= 0.3 is 0 Å². The van der Waals surface area contributed by atoms with Crippen molar-refractivity contribution in [1.82, 2.24) is 0 Å². The maximum Gasteiger partial charge on any atom is 0.198 e. The van der Waals surface area contributed by atoms with Crippen LogP contribution in [0.25, 0.3) is 0 Å². The van der Waals surface area contributed by atoms with Crippen LogP contribution in [0.3, 0.4) is 0 Å². The van der Waals surface area contributed by atoms with Crippen molar-refractivity contribution in [3.8, 4) is 5.75 Å². The van der Waals surface area contributed by atoms with Crippen LogP contribution >= 0.6 is 11.6 Å². The normalized spacial score (nSPS) is 13.2. The Morgan fingerprint density at radius 2 is 1.39 bits per heavy atom. The molecule has 0 bridgehead atoms. The number of phenolic OH excluding ortho intramolecular Hbond substituents is 1. The monoisotopic (exact) mass is 258 g/mol. The van der Waals surface area contributed by atoms with Crippen molar-refractivity contribution in [3.63, 3.8) is 0 Å². The van der Waals surface area contributed by atoms with Gasteiger partial charge in [-0.15, -0.1) is 0 Å². The van der Waals surface area contributed by atoms with Gasteiger partial charge in [-0.3, -0.25) is 9.59 Å². The number of benzene rings is 2. The van der Waals surface area contributed by atoms with Crippen molar-refractivity contribution in [2.45, 2.75) is 0 Å². The van der Waals surface area contributed by atoms with Crippen molar-refractivity contribution in [2.75, 3.05) is 0 Å². The molecular weight excluding hydrogens is 252 g/mol. The van der Waals surface area contributed by atoms with E-state index < -0.39 is 0 Å². The number of ketones is 2. The van der Waals surface area contributed by atoms with Gasteiger partial charge in [-0.05, 0) is 12.1 Å². The predicted octanol–water partition coefficient (Wildman–Crippen LogP) is 2.82. The highest BCUT2D eigenvalue weighted by atomic mass is 35.5. The third kappa shape index (κ3) is 1.31. The fourth-order valence-electron chi connectivity index (χ4n) is 2.17. The lowest BCUT2D eigenvalue weighted by molar-refractivity contribution is 0.0977. The first-order valence-electron chi connectivity index (χ1n) is 5.31. The van der Waals surface area contributed by atoms with Gasteiger partial charge in [-0.2, -0.15) is 0 Å². The molecule has 3 rings (SSSR count). The number of fused-ring (bicyclic) bond motifs is 2. The van der Waals surface area contributed by atoms with E-state index in [2.05, 4.69) is 0 Å². The summed E-state index contributed by atoms with van der Waals surface area (Å²) in [7, 11) is 0. The number of phenols is 1. The molecule has 0 spiro atoms. The second kappa shape index (κ2) is 3.68. The predicted molar refractivity (Wildman–Crippen MR) is 66.4 cm³/mol. The molecule has 1 N–H and O–H groups in total. The zero-order chi connectivity index (χ0) is 12.9. The molecule has 0 aliphatic heterocycles. The Labute approximate surface area is 108 Å². The van der Waals surface area contributed by atoms with Crippen molar-refractivity contribution < 1.29 is 14.7 Å². The molecule has 3 nitrogen and oxygen atoms in total. The molecule has 18 heavy (non-hydrogen) atoms. The van der Waals surface area contributed by atoms with Crippen molar-refractivity contribution >= 4 is 23.2 Å². The van der Waals surface area contributed by atoms with E-state index in [1.165, 1.54) is 12.1 Å². The number of carbonyl (C=O) groups is 2. The Morgan fingerprint density at radius 3 is 2.00 bits per heavy atom. The third-order valence-electron chi connectivity index (χ3n) is 3.00. The SMILES string of the molecule is O=C1c2ccccc2C(=O)c2c(Cl)ccc(O)c21. The molecule has 2 aromatic carbocycles. The van der Waals surface area contributed by atoms with Gasteiger partial charge in [0.25, 0.3) is 0 Å². The Kier molecular flexibility index (Phi) is 2.25. The fraction of sp³-hybridized carbons (Fsp3) is 0. The Morgan fingerprint density at radius 1 is 0.833 bits per heavy atom. The molecule has 2 aromatic rings. The highest BCUT2D eigenvalue weighted by Gasteiger charge is 2.33. The van der Waals surface area contributed by atoms with E-state index in [9.17, 15) is 14.7 Å². The molecule has 4 heteroatoms. The third-order valence-corrected chi connectivity index (χ3v) is 3.32. The lowest BCUT2D eigenvalue weighted by Crippen LogP contribution is -2.21. The topological polar surface area (TPSA) is 54.4 Å². The largest absolute Gasteiger partial charge is 0.507 e. The molecule has 1 aliphatic carbocycles. The summed E-state index contributed by atoms with van der Waals surface area (Å²) in [4.78, 5) is 24.5. The molecule has 0 unspecified atom stereocenters. The van der Waals surface area contributed by atoms with Crippen LogP contribution in [0.2, 0.25) is 5.02 Å². The van der Waals surface area contributed by atoms with Crippen LogP contribution in [-0.4, -0.2) is 16.7 Å². The first-order chi connectivity index (χ1) is 8.61. The van der Waals surface area contributed by atoms with Crippen molar-refractivity contribution in [3.05, 3.63) is 63.7 Å². The minimum Gasteiger partial charge on any atom is -0.507 e. The lowest BCUT2D eigenvalue weighted by Gasteiger charge is -2.18. The summed E-state index contributed by atoms with van der Waals surface area (Å²) in [6.45, 7) is 0. The fourth-order valence-corrected chi connectivity index (χ4v) is 2.41. The van der Waals surface area contributed by atoms with Gasteiger partial charge in [0.2, 0.25) is 0 Å². The van der Waals surface area contributed by atoms with Gasteiger partial charge in [-0.1, -0.05) is 35.9 Å². The molecule has 0 saturated heterocycles. The molecule has 0 saturated carbocycles. The summed E-state index contributed by atoms with van der Waals surface area (Å²) in [6.07, 6.45) is 0. The van der Waals surface area contributed by atoms with Crippen LogP contribution in [0.5, 0.6) is 5.75 Å². The lowest BCUT2D eigenvalue weighted by atomic mass is 9.83. The van der Waals surface area contributed by atoms with Crippen LogP contribution < -0.4 is 0 Å². The number of hydrogen-bond acceptors (Lipinski definition) is 3. The summed E-state index contributed by atoms with van der Waals surface area (Å²) in [5.74, 6) is -0.927. The van der Waals surface area contributed by atoms with Crippen LogP contribution in [0.1, 0.15) is 31.8 Å². The second-order valence-electron chi connectivity index (χ2n) is 4.02. The van der Waals surface area contributed by atoms with Gasteiger partial charge in [-0.25, -0.2) is 0 Å². The zero-order valence-corrected chi connectivity index (χ0v) is 9.86. The van der Waals surface area contributed by atoms with Gasteiger partial charge < -0.3 is 5.11 Å². The number of carbonyl (C=O) groups excluding carboxylic acids is 2. The van der Waals surface area contributed by atoms with Crippen molar-refractivity contribution in [1.29, 1.82) is 0 Å². The average molecular weight is 259 g/mol. The maximum atomic E-state index is 12.3. The number of halogens is 1. The highest BCUT2D eigenvalue weighted by molar-refractivity contribution is 6.39. The van der Waals surface area contributed by atoms with E-state index in [1.807, 2.05) is 0 Å². The molecule has 0 heterocycles. The number of aromatic hydroxyl groups is 1. The van der Waals surface area contributed by atoms with Crippen LogP contribution in [0.15, 0.2) is 36.4 Å². The van der Waals surface area contributed by atoms with Gasteiger partial charge in [0, 0.05) is 11.1 Å². The quantitative estimate of drug-likeness (QED) is 0.675. The molecule has 0 radical (unpaired) electrons. The first-order valence-corrected chi connectivity index (χ1v) is 5.69. The summed E-state index contributed by atoms with van der Waals surface area (Å²) in [5.41, 5.74) is 0.696. The Balaban J connectivity index is 2.41. The number of hydrogen-bond donors (Lipinski definition) is 1. The molecule has 0 atom stereocenters. The van der Waals surface area contributed by atoms with E-state index in [1.54, 1.807) is 24.3 Å². The van der Waals surface area contributed by atoms with E-state index in [-0.39, 0.29) is 33.5 Å². The van der Waals surface area contributed by atoms with Gasteiger partial charge in [0.1, 0.15) is 5.75 Å². The standard InChI is InChI=1S/C14H7ClO3/c15-9-5-6-10(16)12-11(9)13(17)7-3-1-2-4-8(7)14(12)18/h1-6,16H. The molecule has 1 aliphatic rings. The summed E-state index contributed by atoms with van der Waals surface area (Å²) in [5, 5.41) is 9.94. The smallest absolute Gasteiger partial charge is 0.198 e. The second-order valence-corrected chi connectivity index (χ2v) is 4.43. The number of rotatable bonds is 0. The average Bonchev–Trinajstić information content (AvgIpc) is 2.38.